The molecule has 0 atom stereocenters. The van der Waals surface area contributed by atoms with Crippen LogP contribution in [-0.4, -0.2) is 35.5 Å². The summed E-state index contributed by atoms with van der Waals surface area (Å²) in [6.45, 7) is 1.77. The number of nitrogens with zero attached hydrogens (tertiary/aromatic N) is 3. The van der Waals surface area contributed by atoms with Crippen LogP contribution in [0.15, 0.2) is 47.2 Å². The van der Waals surface area contributed by atoms with Gasteiger partial charge in [0.15, 0.2) is 5.96 Å². The molecular formula is C19H28IN5. The molecule has 25 heavy (non-hydrogen) atoms. The van der Waals surface area contributed by atoms with Crippen molar-refractivity contribution in [3.8, 4) is 0 Å². The summed E-state index contributed by atoms with van der Waals surface area (Å²) in [5, 5.41) is 6.77. The van der Waals surface area contributed by atoms with Crippen molar-refractivity contribution in [1.82, 2.24) is 20.0 Å². The van der Waals surface area contributed by atoms with Gasteiger partial charge < -0.3 is 15.0 Å². The molecule has 0 bridgehead atoms. The number of rotatable bonds is 6. The van der Waals surface area contributed by atoms with Gasteiger partial charge in [-0.15, -0.1) is 24.0 Å². The number of nitrogens with one attached hydrogen (secondary N) is 2. The third kappa shape index (κ3) is 6.02. The zero-order valence-electron chi connectivity index (χ0n) is 14.9. The van der Waals surface area contributed by atoms with Crippen LogP contribution in [0.4, 0.5) is 0 Å². The first-order valence-corrected chi connectivity index (χ1v) is 8.90. The number of imidazole rings is 1. The highest BCUT2D eigenvalue weighted by molar-refractivity contribution is 14.0. The monoisotopic (exact) mass is 453 g/mol. The summed E-state index contributed by atoms with van der Waals surface area (Å²) >= 11 is 0. The number of hydrogen-bond donors (Lipinski definition) is 2. The lowest BCUT2D eigenvalue weighted by Gasteiger charge is -2.15. The minimum atomic E-state index is 0. The van der Waals surface area contributed by atoms with E-state index in [9.17, 15) is 0 Å². The van der Waals surface area contributed by atoms with E-state index in [0.717, 1.165) is 43.2 Å². The highest BCUT2D eigenvalue weighted by Gasteiger charge is 2.05. The average molecular weight is 453 g/mol. The molecule has 5 nitrogen and oxygen atoms in total. The predicted octanol–water partition coefficient (Wildman–Crippen LogP) is 3.55. The van der Waals surface area contributed by atoms with Crippen LogP contribution in [0.25, 0.3) is 5.65 Å². The molecule has 0 fully saturated rings. The predicted molar refractivity (Wildman–Crippen MR) is 115 cm³/mol. The second-order valence-corrected chi connectivity index (χ2v) is 6.23. The lowest BCUT2D eigenvalue weighted by atomic mass is 9.97. The van der Waals surface area contributed by atoms with Gasteiger partial charge in [-0.25, -0.2) is 4.98 Å². The molecule has 1 aliphatic carbocycles. The number of aliphatic imine (C=N–C) groups is 1. The van der Waals surface area contributed by atoms with Gasteiger partial charge in [-0.2, -0.15) is 0 Å². The Morgan fingerprint density at radius 1 is 1.20 bits per heavy atom. The molecule has 2 aromatic heterocycles. The van der Waals surface area contributed by atoms with Crippen LogP contribution in [0.3, 0.4) is 0 Å². The Labute approximate surface area is 167 Å². The molecule has 2 heterocycles. The molecule has 0 saturated carbocycles. The van der Waals surface area contributed by atoms with Crippen molar-refractivity contribution in [2.75, 3.05) is 20.1 Å². The fourth-order valence-corrected chi connectivity index (χ4v) is 3.11. The Balaban J connectivity index is 0.00000225. The number of pyridine rings is 1. The third-order valence-electron chi connectivity index (χ3n) is 4.43. The molecule has 1 aliphatic rings. The van der Waals surface area contributed by atoms with E-state index in [2.05, 4.69) is 37.3 Å². The minimum Gasteiger partial charge on any atom is -0.356 e. The fraction of sp³-hybridized carbons (Fsp3) is 0.474. The fourth-order valence-electron chi connectivity index (χ4n) is 3.11. The number of guanidine groups is 1. The summed E-state index contributed by atoms with van der Waals surface area (Å²) in [7, 11) is 1.82. The molecule has 0 aliphatic heterocycles. The first-order chi connectivity index (χ1) is 11.8. The van der Waals surface area contributed by atoms with E-state index in [1.54, 1.807) is 5.57 Å². The van der Waals surface area contributed by atoms with Crippen LogP contribution in [0.5, 0.6) is 0 Å². The largest absolute Gasteiger partial charge is 0.356 e. The second kappa shape index (κ2) is 10.4. The first kappa shape index (κ1) is 19.8. The summed E-state index contributed by atoms with van der Waals surface area (Å²) < 4.78 is 2.06. The van der Waals surface area contributed by atoms with Crippen LogP contribution in [0, 0.1) is 0 Å². The minimum absolute atomic E-state index is 0. The molecule has 0 radical (unpaired) electrons. The maximum absolute atomic E-state index is 4.61. The van der Waals surface area contributed by atoms with Crippen molar-refractivity contribution < 1.29 is 0 Å². The average Bonchev–Trinajstić information content (AvgIpc) is 3.04. The van der Waals surface area contributed by atoms with E-state index < -0.39 is 0 Å². The number of hydrogen-bond acceptors (Lipinski definition) is 2. The SMILES string of the molecule is CN=C(NCCC1=CCCCC1)NCCc1cn2ccccc2n1.I. The summed E-state index contributed by atoms with van der Waals surface area (Å²) in [5.74, 6) is 0.871. The Bertz CT molecular complexity index is 686. The summed E-state index contributed by atoms with van der Waals surface area (Å²) in [5.41, 5.74) is 3.68. The number of allylic oxidation sites excluding steroid dienone is 1. The number of fused-ring (bicyclic) bond motifs is 1. The van der Waals surface area contributed by atoms with Crippen molar-refractivity contribution in [2.24, 2.45) is 4.99 Å². The van der Waals surface area contributed by atoms with E-state index in [-0.39, 0.29) is 24.0 Å². The van der Waals surface area contributed by atoms with Gasteiger partial charge in [-0.3, -0.25) is 4.99 Å². The van der Waals surface area contributed by atoms with E-state index in [4.69, 9.17) is 0 Å². The molecule has 0 spiro atoms. The zero-order chi connectivity index (χ0) is 16.6. The Morgan fingerprint density at radius 3 is 2.76 bits per heavy atom. The highest BCUT2D eigenvalue weighted by atomic mass is 127. The van der Waals surface area contributed by atoms with E-state index in [1.165, 1.54) is 25.7 Å². The molecule has 0 amide bonds. The Morgan fingerprint density at radius 2 is 2.04 bits per heavy atom. The summed E-state index contributed by atoms with van der Waals surface area (Å²) in [6, 6.07) is 6.06. The van der Waals surface area contributed by atoms with Gasteiger partial charge in [0.1, 0.15) is 5.65 Å². The topological polar surface area (TPSA) is 53.7 Å². The van der Waals surface area contributed by atoms with Crippen LogP contribution >= 0.6 is 24.0 Å². The van der Waals surface area contributed by atoms with Gasteiger partial charge >= 0.3 is 0 Å². The lowest BCUT2D eigenvalue weighted by molar-refractivity contribution is 0.665. The number of halogens is 1. The molecule has 0 unspecified atom stereocenters. The van der Waals surface area contributed by atoms with Crippen LogP contribution in [-0.2, 0) is 6.42 Å². The van der Waals surface area contributed by atoms with E-state index in [0.29, 0.717) is 0 Å². The van der Waals surface area contributed by atoms with Gasteiger partial charge in [0.25, 0.3) is 0 Å². The van der Waals surface area contributed by atoms with Gasteiger partial charge in [0, 0.05) is 39.0 Å². The molecule has 0 saturated heterocycles. The maximum atomic E-state index is 4.61. The quantitative estimate of drug-likeness (QED) is 0.305. The summed E-state index contributed by atoms with van der Waals surface area (Å²) in [4.78, 5) is 8.91. The van der Waals surface area contributed by atoms with E-state index >= 15 is 0 Å². The molecule has 0 aromatic carbocycles. The molecule has 3 rings (SSSR count). The van der Waals surface area contributed by atoms with Crippen molar-refractivity contribution in [2.45, 2.75) is 38.5 Å². The van der Waals surface area contributed by atoms with Gasteiger partial charge in [0.05, 0.1) is 5.69 Å². The van der Waals surface area contributed by atoms with Crippen LogP contribution < -0.4 is 10.6 Å². The molecule has 136 valence electrons. The van der Waals surface area contributed by atoms with Crippen LogP contribution in [0.1, 0.15) is 37.8 Å². The smallest absolute Gasteiger partial charge is 0.190 e. The van der Waals surface area contributed by atoms with Gasteiger partial charge in [-0.05, 0) is 44.2 Å². The van der Waals surface area contributed by atoms with Crippen molar-refractivity contribution in [1.29, 1.82) is 0 Å². The summed E-state index contributed by atoms with van der Waals surface area (Å²) in [6.07, 6.45) is 13.7. The van der Waals surface area contributed by atoms with Gasteiger partial charge in [0.2, 0.25) is 0 Å². The third-order valence-corrected chi connectivity index (χ3v) is 4.43. The second-order valence-electron chi connectivity index (χ2n) is 6.23. The highest BCUT2D eigenvalue weighted by Crippen LogP contribution is 2.19. The van der Waals surface area contributed by atoms with Crippen molar-refractivity contribution in [3.05, 3.63) is 47.9 Å². The van der Waals surface area contributed by atoms with Crippen molar-refractivity contribution in [3.63, 3.8) is 0 Å². The Hall–Kier alpha value is -1.57. The van der Waals surface area contributed by atoms with Gasteiger partial charge in [-0.1, -0.05) is 17.7 Å². The van der Waals surface area contributed by atoms with Crippen LogP contribution in [0.2, 0.25) is 0 Å². The molecule has 6 heteroatoms. The molecular weight excluding hydrogens is 425 g/mol. The van der Waals surface area contributed by atoms with E-state index in [1.807, 2.05) is 31.4 Å². The first-order valence-electron chi connectivity index (χ1n) is 8.90. The number of aromatic nitrogens is 2. The Kier molecular flexibility index (Phi) is 8.24. The zero-order valence-corrected chi connectivity index (χ0v) is 17.2. The lowest BCUT2D eigenvalue weighted by Crippen LogP contribution is -2.38. The standard InChI is InChI=1S/C19H27N5.HI/c1-20-19(21-12-10-16-7-3-2-4-8-16)22-13-11-17-15-24-14-6-5-9-18(24)23-17;/h5-7,9,14-15H,2-4,8,10-13H2,1H3,(H2,20,21,22);1H. The van der Waals surface area contributed by atoms with Crippen molar-refractivity contribution >= 4 is 35.6 Å². The molecule has 2 aromatic rings. The maximum Gasteiger partial charge on any atom is 0.190 e. The molecule has 2 N–H and O–H groups in total. The normalized spacial score (nSPS) is 14.8.